The van der Waals surface area contributed by atoms with Crippen LogP contribution in [0.4, 0.5) is 5.82 Å². The highest BCUT2D eigenvalue weighted by atomic mass is 16.5. The highest BCUT2D eigenvalue weighted by Gasteiger charge is 2.22. The number of rotatable bonds is 2. The molecule has 1 aromatic carbocycles. The molecule has 5 heteroatoms. The Morgan fingerprint density at radius 1 is 1.29 bits per heavy atom. The number of esters is 1. The lowest BCUT2D eigenvalue weighted by atomic mass is 10.0. The number of carbonyl (C=O) groups excluding carboxylic acids is 1. The van der Waals surface area contributed by atoms with Crippen LogP contribution in [0, 0.1) is 0 Å². The molecule has 1 N–H and O–H groups in total. The van der Waals surface area contributed by atoms with E-state index in [-0.39, 0.29) is 11.1 Å². The number of ether oxygens (including phenoxy) is 1. The first-order valence-electron chi connectivity index (χ1n) is 6.88. The third-order valence-electron chi connectivity index (χ3n) is 3.63. The Morgan fingerprint density at radius 2 is 2.05 bits per heavy atom. The lowest BCUT2D eigenvalue weighted by Gasteiger charge is -2.24. The van der Waals surface area contributed by atoms with Crippen LogP contribution in [0.25, 0.3) is 11.1 Å². The van der Waals surface area contributed by atoms with Gasteiger partial charge in [0.25, 0.3) is 5.56 Å². The zero-order valence-electron chi connectivity index (χ0n) is 11.8. The Hall–Kier alpha value is -2.56. The van der Waals surface area contributed by atoms with Crippen LogP contribution in [0.3, 0.4) is 0 Å². The van der Waals surface area contributed by atoms with Crippen molar-refractivity contribution in [3.63, 3.8) is 0 Å². The third kappa shape index (κ3) is 2.31. The molecule has 0 saturated heterocycles. The number of fused-ring (bicyclic) bond motifs is 1. The van der Waals surface area contributed by atoms with E-state index in [9.17, 15) is 9.59 Å². The number of aromatic nitrogens is 1. The maximum Gasteiger partial charge on any atom is 0.343 e. The van der Waals surface area contributed by atoms with Crippen molar-refractivity contribution in [2.24, 2.45) is 0 Å². The predicted molar refractivity (Wildman–Crippen MR) is 80.6 cm³/mol. The Bertz CT molecular complexity index is 735. The number of pyridine rings is 1. The molecule has 0 fully saturated rings. The van der Waals surface area contributed by atoms with Gasteiger partial charge in [0.1, 0.15) is 11.4 Å². The molecule has 0 unspecified atom stereocenters. The molecule has 1 aliphatic heterocycles. The summed E-state index contributed by atoms with van der Waals surface area (Å²) < 4.78 is 6.35. The van der Waals surface area contributed by atoms with Crippen LogP contribution in [0.15, 0.2) is 41.2 Å². The minimum absolute atomic E-state index is 0.0730. The molecule has 0 bridgehead atoms. The van der Waals surface area contributed by atoms with Crippen molar-refractivity contribution in [3.05, 3.63) is 52.3 Å². The summed E-state index contributed by atoms with van der Waals surface area (Å²) >= 11 is 0. The van der Waals surface area contributed by atoms with E-state index < -0.39 is 5.97 Å². The zero-order chi connectivity index (χ0) is 14.8. The molecule has 3 rings (SSSR count). The van der Waals surface area contributed by atoms with Gasteiger partial charge in [-0.2, -0.15) is 0 Å². The summed E-state index contributed by atoms with van der Waals surface area (Å²) in [4.78, 5) is 24.3. The van der Waals surface area contributed by atoms with Gasteiger partial charge in [-0.25, -0.2) is 4.79 Å². The summed E-state index contributed by atoms with van der Waals surface area (Å²) in [5.74, 6) is 0.170. The van der Waals surface area contributed by atoms with Crippen molar-refractivity contribution in [1.29, 1.82) is 0 Å². The van der Waals surface area contributed by atoms with E-state index in [0.29, 0.717) is 6.54 Å². The van der Waals surface area contributed by atoms with E-state index in [4.69, 9.17) is 4.74 Å². The number of benzene rings is 1. The lowest BCUT2D eigenvalue weighted by Crippen LogP contribution is -2.33. The fraction of sp³-hybridized carbons (Fsp3) is 0.250. The Labute approximate surface area is 122 Å². The molecular formula is C16H16N2O3. The van der Waals surface area contributed by atoms with Gasteiger partial charge in [0, 0.05) is 18.7 Å². The van der Waals surface area contributed by atoms with Crippen LogP contribution in [0.5, 0.6) is 0 Å². The van der Waals surface area contributed by atoms with E-state index in [2.05, 4.69) is 5.32 Å². The maximum absolute atomic E-state index is 12.4. The van der Waals surface area contributed by atoms with Gasteiger partial charge in [0.05, 0.1) is 7.11 Å². The van der Waals surface area contributed by atoms with Crippen LogP contribution in [-0.2, 0) is 11.3 Å². The second kappa shape index (κ2) is 5.44. The minimum Gasteiger partial charge on any atom is -0.465 e. The highest BCUT2D eigenvalue weighted by molar-refractivity contribution is 5.92. The second-order valence-electron chi connectivity index (χ2n) is 4.92. The molecule has 0 aliphatic carbocycles. The van der Waals surface area contributed by atoms with Crippen molar-refractivity contribution < 1.29 is 9.53 Å². The summed E-state index contributed by atoms with van der Waals surface area (Å²) in [6.07, 6.45) is 0.853. The molecule has 5 nitrogen and oxygen atoms in total. The van der Waals surface area contributed by atoms with Crippen molar-refractivity contribution in [2.75, 3.05) is 19.0 Å². The molecule has 0 spiro atoms. The summed E-state index contributed by atoms with van der Waals surface area (Å²) in [6, 6.07) is 11.3. The number of hydrogen-bond acceptors (Lipinski definition) is 4. The summed E-state index contributed by atoms with van der Waals surface area (Å²) in [6.45, 7) is 1.42. The molecule has 21 heavy (non-hydrogen) atoms. The van der Waals surface area contributed by atoms with Crippen LogP contribution in [0.2, 0.25) is 0 Å². The van der Waals surface area contributed by atoms with E-state index in [1.54, 1.807) is 10.6 Å². The first kappa shape index (κ1) is 13.4. The van der Waals surface area contributed by atoms with Crippen molar-refractivity contribution >= 4 is 11.8 Å². The maximum atomic E-state index is 12.4. The number of methoxy groups -OCH3 is 1. The van der Waals surface area contributed by atoms with Crippen molar-refractivity contribution in [2.45, 2.75) is 13.0 Å². The number of nitrogens with one attached hydrogen (secondary N) is 1. The Kier molecular flexibility index (Phi) is 3.48. The first-order valence-corrected chi connectivity index (χ1v) is 6.88. The first-order chi connectivity index (χ1) is 10.2. The molecular weight excluding hydrogens is 268 g/mol. The van der Waals surface area contributed by atoms with Gasteiger partial charge in [0.2, 0.25) is 0 Å². The summed E-state index contributed by atoms with van der Waals surface area (Å²) in [7, 11) is 1.28. The van der Waals surface area contributed by atoms with Gasteiger partial charge in [0.15, 0.2) is 0 Å². The lowest BCUT2D eigenvalue weighted by molar-refractivity contribution is 0.0598. The van der Waals surface area contributed by atoms with Crippen LogP contribution >= 0.6 is 0 Å². The molecule has 108 valence electrons. The number of anilines is 1. The van der Waals surface area contributed by atoms with E-state index >= 15 is 0 Å². The topological polar surface area (TPSA) is 60.3 Å². The summed E-state index contributed by atoms with van der Waals surface area (Å²) in [5.41, 5.74) is 1.57. The van der Waals surface area contributed by atoms with Gasteiger partial charge in [-0.3, -0.25) is 9.36 Å². The highest BCUT2D eigenvalue weighted by Crippen LogP contribution is 2.29. The normalized spacial score (nSPS) is 13.2. The van der Waals surface area contributed by atoms with Crippen LogP contribution in [0.1, 0.15) is 16.8 Å². The molecule has 2 heterocycles. The Morgan fingerprint density at radius 3 is 2.76 bits per heavy atom. The average molecular weight is 284 g/mol. The van der Waals surface area contributed by atoms with Gasteiger partial charge in [-0.1, -0.05) is 30.3 Å². The van der Waals surface area contributed by atoms with E-state index in [1.807, 2.05) is 30.3 Å². The number of hydrogen-bond donors (Lipinski definition) is 1. The van der Waals surface area contributed by atoms with Crippen LogP contribution < -0.4 is 10.9 Å². The Balaban J connectivity index is 2.28. The van der Waals surface area contributed by atoms with Crippen molar-refractivity contribution in [1.82, 2.24) is 4.57 Å². The molecule has 0 radical (unpaired) electrons. The largest absolute Gasteiger partial charge is 0.465 e. The fourth-order valence-electron chi connectivity index (χ4n) is 2.61. The molecule has 0 amide bonds. The van der Waals surface area contributed by atoms with Gasteiger partial charge in [-0.15, -0.1) is 0 Å². The third-order valence-corrected chi connectivity index (χ3v) is 3.63. The number of nitrogens with zero attached hydrogens (tertiary/aromatic N) is 1. The van der Waals surface area contributed by atoms with Gasteiger partial charge in [-0.05, 0) is 18.1 Å². The SMILES string of the molecule is COC(=O)c1cc(-c2ccccc2)c2n(c1=O)CCCN2. The van der Waals surface area contributed by atoms with Crippen molar-refractivity contribution in [3.8, 4) is 11.1 Å². The standard InChI is InChI=1S/C16H16N2O3/c1-21-16(20)13-10-12(11-6-3-2-4-7-11)14-17-8-5-9-18(14)15(13)19/h2-4,6-7,10,17H,5,8-9H2,1H3. The molecule has 0 saturated carbocycles. The second-order valence-corrected chi connectivity index (χ2v) is 4.92. The zero-order valence-corrected chi connectivity index (χ0v) is 11.8. The van der Waals surface area contributed by atoms with Gasteiger partial charge < -0.3 is 10.1 Å². The quantitative estimate of drug-likeness (QED) is 0.858. The molecule has 2 aromatic rings. The van der Waals surface area contributed by atoms with Gasteiger partial charge >= 0.3 is 5.97 Å². The molecule has 1 aromatic heterocycles. The predicted octanol–water partition coefficient (Wildman–Crippen LogP) is 2.12. The fourth-order valence-corrected chi connectivity index (χ4v) is 2.61. The van der Waals surface area contributed by atoms with Crippen LogP contribution in [-0.4, -0.2) is 24.2 Å². The average Bonchev–Trinajstić information content (AvgIpc) is 2.55. The monoisotopic (exact) mass is 284 g/mol. The number of carbonyl (C=O) groups is 1. The minimum atomic E-state index is -0.599. The molecule has 0 atom stereocenters. The summed E-state index contributed by atoms with van der Waals surface area (Å²) in [5, 5.41) is 3.27. The molecule has 1 aliphatic rings. The smallest absolute Gasteiger partial charge is 0.343 e. The van der Waals surface area contributed by atoms with E-state index in [1.165, 1.54) is 7.11 Å². The van der Waals surface area contributed by atoms with E-state index in [0.717, 1.165) is 29.9 Å².